The molecule has 4 heteroatoms. The van der Waals surface area contributed by atoms with E-state index in [0.717, 1.165) is 24.1 Å². The van der Waals surface area contributed by atoms with Crippen LogP contribution in [0.5, 0.6) is 11.5 Å². The number of Topliss-reactive ketones (excluding diaryl/α,β-unsaturated/α-hetero) is 1. The number of hydrogen-bond donors (Lipinski definition) is 0. The summed E-state index contributed by atoms with van der Waals surface area (Å²) < 4.78 is 12.3. The normalized spacial score (nSPS) is 16.6. The molecule has 0 saturated heterocycles. The highest BCUT2D eigenvalue weighted by Gasteiger charge is 2.30. The van der Waals surface area contributed by atoms with Crippen molar-refractivity contribution in [2.45, 2.75) is 18.4 Å². The van der Waals surface area contributed by atoms with E-state index >= 15 is 0 Å². The summed E-state index contributed by atoms with van der Waals surface area (Å²) in [5.41, 5.74) is 2.70. The first-order chi connectivity index (χ1) is 14.6. The van der Waals surface area contributed by atoms with Crippen LogP contribution in [-0.4, -0.2) is 37.9 Å². The number of carbonyl (C=O) groups is 1. The Morgan fingerprint density at radius 1 is 1.00 bits per heavy atom. The van der Waals surface area contributed by atoms with Gasteiger partial charge in [-0.05, 0) is 43.4 Å². The zero-order valence-corrected chi connectivity index (χ0v) is 17.5. The highest BCUT2D eigenvalue weighted by Crippen LogP contribution is 2.36. The van der Waals surface area contributed by atoms with Gasteiger partial charge in [-0.25, -0.2) is 0 Å². The Bertz CT molecular complexity index is 986. The predicted octanol–water partition coefficient (Wildman–Crippen LogP) is 5.12. The number of rotatable bonds is 7. The lowest BCUT2D eigenvalue weighted by Gasteiger charge is -2.26. The van der Waals surface area contributed by atoms with Crippen LogP contribution in [-0.2, 0) is 0 Å². The monoisotopic (exact) mass is 401 g/mol. The van der Waals surface area contributed by atoms with E-state index in [0.29, 0.717) is 23.7 Å². The fourth-order valence-corrected chi connectivity index (χ4v) is 3.77. The smallest absolute Gasteiger partial charge is 0.177 e. The van der Waals surface area contributed by atoms with Gasteiger partial charge in [0.25, 0.3) is 0 Å². The molecule has 0 N–H and O–H groups in total. The first kappa shape index (κ1) is 20.2. The summed E-state index contributed by atoms with van der Waals surface area (Å²) >= 11 is 0. The van der Waals surface area contributed by atoms with E-state index in [9.17, 15) is 4.79 Å². The maximum absolute atomic E-state index is 13.2. The topological polar surface area (TPSA) is 38.8 Å². The lowest BCUT2D eigenvalue weighted by molar-refractivity contribution is 0.0894. The third kappa shape index (κ3) is 4.55. The number of ketones is 1. The highest BCUT2D eigenvalue weighted by atomic mass is 16.5. The van der Waals surface area contributed by atoms with Gasteiger partial charge in [-0.1, -0.05) is 60.7 Å². The van der Waals surface area contributed by atoms with Crippen LogP contribution in [0.1, 0.15) is 39.9 Å². The lowest BCUT2D eigenvalue weighted by atomic mass is 9.89. The minimum atomic E-state index is -0.285. The summed E-state index contributed by atoms with van der Waals surface area (Å²) in [5, 5.41) is 0. The Morgan fingerprint density at radius 2 is 1.70 bits per heavy atom. The Kier molecular flexibility index (Phi) is 6.15. The summed E-state index contributed by atoms with van der Waals surface area (Å²) in [6, 6.07) is 25.6. The predicted molar refractivity (Wildman–Crippen MR) is 118 cm³/mol. The number of nitrogens with zero attached hydrogens (tertiary/aromatic N) is 1. The van der Waals surface area contributed by atoms with Crippen molar-refractivity contribution < 1.29 is 14.3 Å². The van der Waals surface area contributed by atoms with Crippen molar-refractivity contribution in [3.05, 3.63) is 95.6 Å². The summed E-state index contributed by atoms with van der Waals surface area (Å²) in [7, 11) is 4.11. The van der Waals surface area contributed by atoms with Gasteiger partial charge in [-0.2, -0.15) is 0 Å². The highest BCUT2D eigenvalue weighted by molar-refractivity contribution is 6.04. The van der Waals surface area contributed by atoms with Gasteiger partial charge < -0.3 is 14.4 Å². The second kappa shape index (κ2) is 9.14. The van der Waals surface area contributed by atoms with E-state index < -0.39 is 0 Å². The summed E-state index contributed by atoms with van der Waals surface area (Å²) in [5.74, 6) is 1.11. The molecule has 3 aromatic carbocycles. The standard InChI is InChI=1S/C26H27NO3/c1-27(2)16-15-24(20-11-7-4-8-12-20)30-21-13-14-25-22(17-21)26(28)23(18-29-25)19-9-5-3-6-10-19/h3-14,17,23-24H,15-16,18H2,1-2H3. The molecule has 0 saturated carbocycles. The first-order valence-corrected chi connectivity index (χ1v) is 10.3. The largest absolute Gasteiger partial charge is 0.492 e. The van der Waals surface area contributed by atoms with E-state index in [2.05, 4.69) is 31.1 Å². The number of fused-ring (bicyclic) bond motifs is 1. The third-order valence-corrected chi connectivity index (χ3v) is 5.43. The van der Waals surface area contributed by atoms with E-state index in [1.807, 2.05) is 66.7 Å². The number of hydrogen-bond acceptors (Lipinski definition) is 4. The van der Waals surface area contributed by atoms with Crippen molar-refractivity contribution in [1.29, 1.82) is 0 Å². The van der Waals surface area contributed by atoms with Crippen LogP contribution in [0.15, 0.2) is 78.9 Å². The molecule has 3 aromatic rings. The van der Waals surface area contributed by atoms with Crippen LogP contribution < -0.4 is 9.47 Å². The fraction of sp³-hybridized carbons (Fsp3) is 0.269. The Morgan fingerprint density at radius 3 is 2.40 bits per heavy atom. The SMILES string of the molecule is CN(C)CCC(Oc1ccc2c(c1)C(=O)C(c1ccccc1)CO2)c1ccccc1. The summed E-state index contributed by atoms with van der Waals surface area (Å²) in [6.07, 6.45) is 0.765. The molecule has 0 fully saturated rings. The van der Waals surface area contributed by atoms with E-state index in [1.165, 1.54) is 0 Å². The van der Waals surface area contributed by atoms with Crippen molar-refractivity contribution in [2.75, 3.05) is 27.2 Å². The average Bonchev–Trinajstić information content (AvgIpc) is 2.78. The lowest BCUT2D eigenvalue weighted by Crippen LogP contribution is -2.26. The minimum Gasteiger partial charge on any atom is -0.492 e. The van der Waals surface area contributed by atoms with Crippen LogP contribution in [0.4, 0.5) is 0 Å². The second-order valence-corrected chi connectivity index (χ2v) is 7.91. The van der Waals surface area contributed by atoms with Gasteiger partial charge in [0.15, 0.2) is 5.78 Å². The van der Waals surface area contributed by atoms with Gasteiger partial charge >= 0.3 is 0 Å². The molecule has 0 radical (unpaired) electrons. The van der Waals surface area contributed by atoms with Crippen LogP contribution in [0, 0.1) is 0 Å². The van der Waals surface area contributed by atoms with E-state index in [-0.39, 0.29) is 17.8 Å². The number of benzene rings is 3. The Balaban J connectivity index is 1.58. The molecule has 0 bridgehead atoms. The second-order valence-electron chi connectivity index (χ2n) is 7.91. The van der Waals surface area contributed by atoms with E-state index in [4.69, 9.17) is 9.47 Å². The van der Waals surface area contributed by atoms with Crippen molar-refractivity contribution in [3.8, 4) is 11.5 Å². The van der Waals surface area contributed by atoms with Crippen molar-refractivity contribution in [2.24, 2.45) is 0 Å². The molecule has 2 unspecified atom stereocenters. The van der Waals surface area contributed by atoms with Crippen LogP contribution in [0.25, 0.3) is 0 Å². The molecule has 4 nitrogen and oxygen atoms in total. The molecular weight excluding hydrogens is 374 g/mol. The zero-order chi connectivity index (χ0) is 20.9. The molecule has 4 rings (SSSR count). The number of ether oxygens (including phenoxy) is 2. The van der Waals surface area contributed by atoms with Crippen LogP contribution in [0.2, 0.25) is 0 Å². The molecule has 0 amide bonds. The van der Waals surface area contributed by atoms with Gasteiger partial charge in [0.1, 0.15) is 24.2 Å². The van der Waals surface area contributed by atoms with Gasteiger partial charge in [-0.15, -0.1) is 0 Å². The third-order valence-electron chi connectivity index (χ3n) is 5.43. The average molecular weight is 402 g/mol. The number of carbonyl (C=O) groups excluding carboxylic acids is 1. The Labute approximate surface area is 178 Å². The van der Waals surface area contributed by atoms with Gasteiger partial charge in [0, 0.05) is 13.0 Å². The van der Waals surface area contributed by atoms with Gasteiger partial charge in [-0.3, -0.25) is 4.79 Å². The molecule has 0 spiro atoms. The molecule has 0 aromatic heterocycles. The molecule has 1 heterocycles. The quantitative estimate of drug-likeness (QED) is 0.551. The molecular formula is C26H27NO3. The molecule has 0 aliphatic carbocycles. The molecule has 30 heavy (non-hydrogen) atoms. The van der Waals surface area contributed by atoms with Gasteiger partial charge in [0.2, 0.25) is 0 Å². The zero-order valence-electron chi connectivity index (χ0n) is 17.5. The van der Waals surface area contributed by atoms with Gasteiger partial charge in [0.05, 0.1) is 11.5 Å². The maximum Gasteiger partial charge on any atom is 0.177 e. The van der Waals surface area contributed by atoms with Crippen LogP contribution in [0.3, 0.4) is 0 Å². The van der Waals surface area contributed by atoms with Crippen molar-refractivity contribution in [1.82, 2.24) is 4.90 Å². The van der Waals surface area contributed by atoms with E-state index in [1.54, 1.807) is 0 Å². The first-order valence-electron chi connectivity index (χ1n) is 10.3. The van der Waals surface area contributed by atoms with Crippen molar-refractivity contribution in [3.63, 3.8) is 0 Å². The van der Waals surface area contributed by atoms with Crippen LogP contribution >= 0.6 is 0 Å². The Hall–Kier alpha value is -3.11. The molecule has 154 valence electrons. The maximum atomic E-state index is 13.2. The van der Waals surface area contributed by atoms with Crippen molar-refractivity contribution >= 4 is 5.78 Å². The molecule has 2 atom stereocenters. The minimum absolute atomic E-state index is 0.0810. The molecule has 1 aliphatic rings. The summed E-state index contributed by atoms with van der Waals surface area (Å²) in [4.78, 5) is 15.3. The summed E-state index contributed by atoms with van der Waals surface area (Å²) in [6.45, 7) is 1.27. The fourth-order valence-electron chi connectivity index (χ4n) is 3.77. The molecule has 1 aliphatic heterocycles.